The Balaban J connectivity index is 5.78. The average Bonchev–Trinajstić information content (AvgIpc) is 2.46. The van der Waals surface area contributed by atoms with Crippen molar-refractivity contribution in [1.82, 2.24) is 4.81 Å². The van der Waals surface area contributed by atoms with Gasteiger partial charge in [0.25, 0.3) is 0 Å². The van der Waals surface area contributed by atoms with Crippen LogP contribution in [0.25, 0.3) is 0 Å². The van der Waals surface area contributed by atoms with Gasteiger partial charge in [-0.25, -0.2) is 0 Å². The Bertz CT molecular complexity index is 457. The number of hydrogen-bond donors (Lipinski definition) is 1. The minimum atomic E-state index is -0.230. The summed E-state index contributed by atoms with van der Waals surface area (Å²) < 4.78 is 0. The molecule has 0 aliphatic rings. The van der Waals surface area contributed by atoms with Gasteiger partial charge in [-0.1, -0.05) is 55.4 Å². The molecule has 2 N–H and O–H groups in total. The maximum Gasteiger partial charge on any atom is 0.220 e. The predicted octanol–water partition coefficient (Wildman–Crippen LogP) is 3.25. The molecule has 0 aromatic rings. The van der Waals surface area contributed by atoms with Crippen LogP contribution in [0.5, 0.6) is 0 Å². The van der Waals surface area contributed by atoms with Gasteiger partial charge in [0.1, 0.15) is 0 Å². The number of nitrogens with two attached hydrogens (primary N) is 1. The van der Waals surface area contributed by atoms with E-state index in [-0.39, 0.29) is 46.3 Å². The van der Waals surface area contributed by atoms with Crippen LogP contribution >= 0.6 is 0 Å². The highest BCUT2D eigenvalue weighted by Gasteiger charge is 2.44. The van der Waals surface area contributed by atoms with Crippen molar-refractivity contribution in [1.29, 1.82) is 0 Å². The second-order valence-electron chi connectivity index (χ2n) is 9.80. The van der Waals surface area contributed by atoms with E-state index in [0.29, 0.717) is 0 Å². The molecule has 0 bridgehead atoms. The van der Waals surface area contributed by atoms with Crippen molar-refractivity contribution in [2.45, 2.75) is 74.7 Å². The molecule has 0 aromatic carbocycles. The van der Waals surface area contributed by atoms with Crippen LogP contribution in [0.2, 0.25) is 0 Å². The third-order valence-corrected chi connectivity index (χ3v) is 6.02. The first-order valence-corrected chi connectivity index (χ1v) is 9.67. The summed E-state index contributed by atoms with van der Waals surface area (Å²) in [5.41, 5.74) is 5.54. The van der Waals surface area contributed by atoms with Gasteiger partial charge in [0, 0.05) is 11.8 Å². The molecule has 146 valence electrons. The molecule has 2 amide bonds. The van der Waals surface area contributed by atoms with E-state index in [0.717, 1.165) is 19.3 Å². The minimum absolute atomic E-state index is 0.0631. The molecule has 0 aliphatic carbocycles. The first kappa shape index (κ1) is 24.0. The summed E-state index contributed by atoms with van der Waals surface area (Å²) in [4.78, 5) is 26.6. The van der Waals surface area contributed by atoms with Crippen LogP contribution in [-0.2, 0) is 9.59 Å². The molecule has 5 heteroatoms. The largest absolute Gasteiger partial charge is 0.396 e. The van der Waals surface area contributed by atoms with Crippen LogP contribution in [0.15, 0.2) is 0 Å². The van der Waals surface area contributed by atoms with Crippen LogP contribution < -0.4 is 5.73 Å². The first-order valence-electron chi connectivity index (χ1n) is 9.67. The summed E-state index contributed by atoms with van der Waals surface area (Å²) in [5, 5.41) is 0. The molecule has 25 heavy (non-hydrogen) atoms. The van der Waals surface area contributed by atoms with Gasteiger partial charge in [-0.05, 0) is 49.0 Å². The van der Waals surface area contributed by atoms with Gasteiger partial charge in [-0.3, -0.25) is 9.59 Å². The zero-order chi connectivity index (χ0) is 20.2. The van der Waals surface area contributed by atoms with Crippen molar-refractivity contribution in [2.75, 3.05) is 7.05 Å². The second kappa shape index (κ2) is 9.09. The van der Waals surface area contributed by atoms with E-state index in [1.807, 2.05) is 28.9 Å². The van der Waals surface area contributed by atoms with Gasteiger partial charge < -0.3 is 10.5 Å². The lowest BCUT2D eigenvalue weighted by Gasteiger charge is -2.45. The minimum Gasteiger partial charge on any atom is -0.396 e. The van der Waals surface area contributed by atoms with E-state index < -0.39 is 0 Å². The van der Waals surface area contributed by atoms with Crippen LogP contribution in [0.4, 0.5) is 0 Å². The van der Waals surface area contributed by atoms with Gasteiger partial charge in [-0.2, -0.15) is 0 Å². The molecule has 0 aliphatic heterocycles. The van der Waals surface area contributed by atoms with E-state index in [2.05, 4.69) is 41.5 Å². The van der Waals surface area contributed by atoms with Gasteiger partial charge in [0.05, 0.1) is 0 Å². The number of hydrogen-bond acceptors (Lipinski definition) is 2. The van der Waals surface area contributed by atoms with Crippen LogP contribution in [0.1, 0.15) is 74.7 Å². The molecule has 0 radical (unpaired) electrons. The van der Waals surface area contributed by atoms with E-state index in [1.165, 1.54) is 0 Å². The summed E-state index contributed by atoms with van der Waals surface area (Å²) in [7, 11) is 3.66. The molecule has 0 saturated carbocycles. The summed E-state index contributed by atoms with van der Waals surface area (Å²) in [5.74, 6) is 0.187. The predicted molar refractivity (Wildman–Crippen MR) is 109 cm³/mol. The summed E-state index contributed by atoms with van der Waals surface area (Å²) in [6.07, 6.45) is 2.47. The van der Waals surface area contributed by atoms with E-state index in [4.69, 9.17) is 5.73 Å². The Kier molecular flexibility index (Phi) is 8.73. The van der Waals surface area contributed by atoms with E-state index in [1.54, 1.807) is 4.81 Å². The monoisotopic (exact) mass is 352 g/mol. The number of nitrogens with zero attached hydrogens (tertiary/aromatic N) is 1. The van der Waals surface area contributed by atoms with Crippen molar-refractivity contribution in [3.63, 3.8) is 0 Å². The molecular formula is C20H41BN2O2. The Hall–Kier alpha value is -0.995. The maximum atomic E-state index is 13.0. The fraction of sp³-hybridized carbons (Fsp3) is 0.900. The third-order valence-electron chi connectivity index (χ3n) is 6.02. The Morgan fingerprint density at radius 2 is 1.60 bits per heavy atom. The molecule has 0 spiro atoms. The highest BCUT2D eigenvalue weighted by molar-refractivity contribution is 6.14. The van der Waals surface area contributed by atoms with Crippen LogP contribution in [0, 0.1) is 34.5 Å². The highest BCUT2D eigenvalue weighted by Crippen LogP contribution is 2.47. The average molecular weight is 352 g/mol. The molecule has 4 unspecified atom stereocenters. The Labute approximate surface area is 156 Å². The normalized spacial score (nSPS) is 18.3. The zero-order valence-electron chi connectivity index (χ0n) is 18.3. The lowest BCUT2D eigenvalue weighted by Crippen LogP contribution is -2.46. The summed E-state index contributed by atoms with van der Waals surface area (Å²) >= 11 is 0. The van der Waals surface area contributed by atoms with Crippen LogP contribution in [0.3, 0.4) is 0 Å². The second-order valence-corrected chi connectivity index (χ2v) is 9.80. The molecule has 0 rings (SSSR count). The molecular weight excluding hydrogens is 311 g/mol. The van der Waals surface area contributed by atoms with Gasteiger partial charge in [0.15, 0.2) is 0 Å². The highest BCUT2D eigenvalue weighted by atomic mass is 16.2. The standard InChI is InChI=1S/C20H41BN2O2/c1-10-20(8,14(4)11-15(13(2)3)17(22)24)16(12-19(5,6)7)18(25)23(9)21/h13-16H,10-12,21H2,1-9H3,(H2,22,24). The number of amides is 2. The fourth-order valence-electron chi connectivity index (χ4n) is 3.83. The molecule has 0 aromatic heterocycles. The van der Waals surface area contributed by atoms with Crippen molar-refractivity contribution in [2.24, 2.45) is 40.2 Å². The quantitative estimate of drug-likeness (QED) is 0.648. The lowest BCUT2D eigenvalue weighted by molar-refractivity contribution is -0.138. The summed E-state index contributed by atoms with van der Waals surface area (Å²) in [6, 6.07) is 0. The van der Waals surface area contributed by atoms with E-state index >= 15 is 0 Å². The fourth-order valence-corrected chi connectivity index (χ4v) is 3.83. The van der Waals surface area contributed by atoms with Crippen LogP contribution in [-0.4, -0.2) is 31.7 Å². The smallest absolute Gasteiger partial charge is 0.220 e. The number of carbonyl (C=O) groups excluding carboxylic acids is 2. The van der Waals surface area contributed by atoms with E-state index in [9.17, 15) is 9.59 Å². The lowest BCUT2D eigenvalue weighted by atomic mass is 9.60. The molecule has 0 fully saturated rings. The maximum absolute atomic E-state index is 13.0. The van der Waals surface area contributed by atoms with Gasteiger partial charge >= 0.3 is 0 Å². The first-order chi connectivity index (χ1) is 11.2. The van der Waals surface area contributed by atoms with Gasteiger partial charge in [-0.15, -0.1) is 0 Å². The van der Waals surface area contributed by atoms with Crippen molar-refractivity contribution >= 4 is 19.8 Å². The number of primary amides is 1. The summed E-state index contributed by atoms with van der Waals surface area (Å²) in [6.45, 7) is 17.2. The topological polar surface area (TPSA) is 63.4 Å². The van der Waals surface area contributed by atoms with Crippen molar-refractivity contribution in [3.8, 4) is 0 Å². The van der Waals surface area contributed by atoms with Gasteiger partial charge in [0.2, 0.25) is 19.8 Å². The molecule has 4 atom stereocenters. The van der Waals surface area contributed by atoms with Crippen molar-refractivity contribution in [3.05, 3.63) is 0 Å². The molecule has 0 heterocycles. The Morgan fingerprint density at radius 1 is 1.12 bits per heavy atom. The molecule has 0 saturated heterocycles. The number of carbonyl (C=O) groups is 2. The number of rotatable bonds is 9. The molecule has 4 nitrogen and oxygen atoms in total. The third kappa shape index (κ3) is 6.67. The van der Waals surface area contributed by atoms with Crippen molar-refractivity contribution < 1.29 is 9.59 Å². The SMILES string of the molecule is BN(C)C(=O)C(CC(C)(C)C)C(C)(CC)C(C)CC(C(N)=O)C(C)C. The zero-order valence-corrected chi connectivity index (χ0v) is 18.3. The Morgan fingerprint density at radius 3 is 1.88 bits per heavy atom.